The summed E-state index contributed by atoms with van der Waals surface area (Å²) >= 11 is 0. The first-order valence-corrected chi connectivity index (χ1v) is 7.61. The van der Waals surface area contributed by atoms with E-state index in [-0.39, 0.29) is 5.56 Å². The molecule has 1 N–H and O–H groups in total. The van der Waals surface area contributed by atoms with Gasteiger partial charge in [0.2, 0.25) is 0 Å². The van der Waals surface area contributed by atoms with Crippen LogP contribution < -0.4 is 10.9 Å². The second-order valence-corrected chi connectivity index (χ2v) is 6.39. The molecule has 2 aliphatic rings. The fourth-order valence-corrected chi connectivity index (χ4v) is 3.65. The van der Waals surface area contributed by atoms with Gasteiger partial charge in [0.15, 0.2) is 0 Å². The van der Waals surface area contributed by atoms with Crippen LogP contribution in [0, 0.1) is 18.8 Å². The summed E-state index contributed by atoms with van der Waals surface area (Å²) in [5.41, 5.74) is 2.77. The summed E-state index contributed by atoms with van der Waals surface area (Å²) in [6, 6.07) is 5.58. The van der Waals surface area contributed by atoms with Gasteiger partial charge in [0.25, 0.3) is 5.56 Å². The second kappa shape index (κ2) is 4.93. The van der Waals surface area contributed by atoms with Gasteiger partial charge in [0, 0.05) is 31.9 Å². The van der Waals surface area contributed by atoms with E-state index < -0.39 is 0 Å². The van der Waals surface area contributed by atoms with Crippen molar-refractivity contribution in [3.05, 3.63) is 46.0 Å². The molecular weight excluding hydrogens is 264 g/mol. The Balaban J connectivity index is 1.60. The molecule has 0 spiro atoms. The number of hydrogen-bond acceptors (Lipinski definition) is 4. The van der Waals surface area contributed by atoms with Crippen LogP contribution in [-0.2, 0) is 6.54 Å². The standard InChI is InChI=1S/C16H20N4O/c1-11-2-3-20-15(4-11)18-14(5-16(20)21)10-19-8-12-6-17-7-13(12)9-19/h2-5,12-13,17H,6-10H2,1H3. The number of fused-ring (bicyclic) bond motifs is 2. The predicted octanol–water partition coefficient (Wildman–Crippen LogP) is 0.654. The minimum atomic E-state index is 0.0102. The Morgan fingerprint density at radius 3 is 2.81 bits per heavy atom. The fourth-order valence-electron chi connectivity index (χ4n) is 3.65. The van der Waals surface area contributed by atoms with Gasteiger partial charge in [0.1, 0.15) is 5.65 Å². The highest BCUT2D eigenvalue weighted by Gasteiger charge is 2.35. The van der Waals surface area contributed by atoms with Crippen LogP contribution in [0.2, 0.25) is 0 Å². The van der Waals surface area contributed by atoms with Crippen molar-refractivity contribution in [2.24, 2.45) is 11.8 Å². The van der Waals surface area contributed by atoms with Crippen molar-refractivity contribution in [1.29, 1.82) is 0 Å². The van der Waals surface area contributed by atoms with E-state index in [1.807, 2.05) is 19.1 Å². The molecule has 2 unspecified atom stereocenters. The fraction of sp³-hybridized carbons (Fsp3) is 0.500. The van der Waals surface area contributed by atoms with Crippen LogP contribution in [0.15, 0.2) is 29.2 Å². The highest BCUT2D eigenvalue weighted by atomic mass is 16.1. The summed E-state index contributed by atoms with van der Waals surface area (Å²) in [4.78, 5) is 19.3. The van der Waals surface area contributed by atoms with E-state index in [1.54, 1.807) is 16.7 Å². The smallest absolute Gasteiger partial charge is 0.258 e. The van der Waals surface area contributed by atoms with Crippen LogP contribution in [0.25, 0.3) is 5.65 Å². The first-order chi connectivity index (χ1) is 10.2. The average Bonchev–Trinajstić information content (AvgIpc) is 2.98. The molecule has 21 heavy (non-hydrogen) atoms. The van der Waals surface area contributed by atoms with Crippen molar-refractivity contribution in [2.45, 2.75) is 13.5 Å². The topological polar surface area (TPSA) is 49.6 Å². The van der Waals surface area contributed by atoms with Gasteiger partial charge in [0.05, 0.1) is 5.69 Å². The number of nitrogens with zero attached hydrogens (tertiary/aromatic N) is 3. The lowest BCUT2D eigenvalue weighted by molar-refractivity contribution is 0.302. The summed E-state index contributed by atoms with van der Waals surface area (Å²) < 4.78 is 1.61. The molecule has 2 aliphatic heterocycles. The van der Waals surface area contributed by atoms with E-state index in [0.29, 0.717) is 0 Å². The second-order valence-electron chi connectivity index (χ2n) is 6.39. The van der Waals surface area contributed by atoms with E-state index >= 15 is 0 Å². The Morgan fingerprint density at radius 2 is 2.05 bits per heavy atom. The van der Waals surface area contributed by atoms with Crippen LogP contribution in [0.4, 0.5) is 0 Å². The largest absolute Gasteiger partial charge is 0.316 e. The van der Waals surface area contributed by atoms with Gasteiger partial charge in [-0.05, 0) is 49.5 Å². The molecule has 5 heteroatoms. The Hall–Kier alpha value is -1.72. The lowest BCUT2D eigenvalue weighted by Gasteiger charge is -2.16. The van der Waals surface area contributed by atoms with Gasteiger partial charge < -0.3 is 5.32 Å². The predicted molar refractivity (Wildman–Crippen MR) is 81.3 cm³/mol. The molecule has 0 radical (unpaired) electrons. The summed E-state index contributed by atoms with van der Waals surface area (Å²) in [6.07, 6.45) is 1.80. The molecule has 0 aliphatic carbocycles. The van der Waals surface area contributed by atoms with Gasteiger partial charge >= 0.3 is 0 Å². The summed E-state index contributed by atoms with van der Waals surface area (Å²) in [5.74, 6) is 1.54. The van der Waals surface area contributed by atoms with E-state index in [9.17, 15) is 4.79 Å². The molecule has 4 heterocycles. The van der Waals surface area contributed by atoms with Crippen LogP contribution in [0.1, 0.15) is 11.3 Å². The summed E-state index contributed by atoms with van der Waals surface area (Å²) in [6.45, 7) is 7.31. The third kappa shape index (κ3) is 2.36. The SMILES string of the molecule is Cc1ccn2c(=O)cc(CN3CC4CNCC4C3)nc2c1. The highest BCUT2D eigenvalue weighted by Crippen LogP contribution is 2.27. The van der Waals surface area contributed by atoms with Crippen molar-refractivity contribution in [3.63, 3.8) is 0 Å². The number of aromatic nitrogens is 2. The quantitative estimate of drug-likeness (QED) is 0.880. The maximum absolute atomic E-state index is 12.2. The van der Waals surface area contributed by atoms with Crippen LogP contribution >= 0.6 is 0 Å². The lowest BCUT2D eigenvalue weighted by atomic mass is 10.0. The van der Waals surface area contributed by atoms with Crippen molar-refractivity contribution in [1.82, 2.24) is 19.6 Å². The Morgan fingerprint density at radius 1 is 1.29 bits per heavy atom. The molecule has 2 fully saturated rings. The maximum Gasteiger partial charge on any atom is 0.258 e. The summed E-state index contributed by atoms with van der Waals surface area (Å²) in [7, 11) is 0. The Labute approximate surface area is 123 Å². The molecular formula is C16H20N4O. The molecule has 5 nitrogen and oxygen atoms in total. The molecule has 2 atom stereocenters. The zero-order chi connectivity index (χ0) is 14.4. The van der Waals surface area contributed by atoms with Gasteiger partial charge in [-0.1, -0.05) is 0 Å². The van der Waals surface area contributed by atoms with E-state index in [2.05, 4.69) is 15.2 Å². The van der Waals surface area contributed by atoms with Crippen molar-refractivity contribution >= 4 is 5.65 Å². The minimum absolute atomic E-state index is 0.0102. The molecule has 2 aromatic heterocycles. The molecule has 0 aromatic carbocycles. The zero-order valence-corrected chi connectivity index (χ0v) is 12.2. The molecule has 2 aromatic rings. The average molecular weight is 284 g/mol. The number of aryl methyl sites for hydroxylation is 1. The third-order valence-corrected chi connectivity index (χ3v) is 4.73. The zero-order valence-electron chi connectivity index (χ0n) is 12.2. The number of rotatable bonds is 2. The first kappa shape index (κ1) is 13.0. The lowest BCUT2D eigenvalue weighted by Crippen LogP contribution is -2.27. The van der Waals surface area contributed by atoms with Gasteiger partial charge in [-0.2, -0.15) is 0 Å². The van der Waals surface area contributed by atoms with E-state index in [4.69, 9.17) is 0 Å². The molecule has 0 saturated carbocycles. The molecule has 0 bridgehead atoms. The molecule has 4 rings (SSSR count). The summed E-state index contributed by atoms with van der Waals surface area (Å²) in [5, 5.41) is 3.45. The number of pyridine rings is 1. The number of nitrogens with one attached hydrogen (secondary N) is 1. The highest BCUT2D eigenvalue weighted by molar-refractivity contribution is 5.41. The normalized spacial score (nSPS) is 25.6. The Kier molecular flexibility index (Phi) is 3.05. The van der Waals surface area contributed by atoms with Crippen LogP contribution in [0.5, 0.6) is 0 Å². The Bertz CT molecular complexity index is 727. The van der Waals surface area contributed by atoms with Gasteiger partial charge in [-0.3, -0.25) is 14.1 Å². The van der Waals surface area contributed by atoms with Crippen LogP contribution in [0.3, 0.4) is 0 Å². The number of likely N-dealkylation sites (tertiary alicyclic amines) is 1. The molecule has 110 valence electrons. The van der Waals surface area contributed by atoms with Crippen molar-refractivity contribution in [3.8, 4) is 0 Å². The van der Waals surface area contributed by atoms with Gasteiger partial charge in [-0.25, -0.2) is 4.98 Å². The van der Waals surface area contributed by atoms with Crippen molar-refractivity contribution in [2.75, 3.05) is 26.2 Å². The maximum atomic E-state index is 12.2. The van der Waals surface area contributed by atoms with Crippen LogP contribution in [-0.4, -0.2) is 40.5 Å². The van der Waals surface area contributed by atoms with Gasteiger partial charge in [-0.15, -0.1) is 0 Å². The molecule has 2 saturated heterocycles. The monoisotopic (exact) mass is 284 g/mol. The number of hydrogen-bond donors (Lipinski definition) is 1. The van der Waals surface area contributed by atoms with E-state index in [0.717, 1.165) is 61.5 Å². The van der Waals surface area contributed by atoms with E-state index in [1.165, 1.54) is 0 Å². The molecule has 0 amide bonds. The van der Waals surface area contributed by atoms with Crippen molar-refractivity contribution < 1.29 is 0 Å². The minimum Gasteiger partial charge on any atom is -0.316 e. The third-order valence-electron chi connectivity index (χ3n) is 4.73. The first-order valence-electron chi connectivity index (χ1n) is 7.61.